The monoisotopic (exact) mass is 490 g/mol. The summed E-state index contributed by atoms with van der Waals surface area (Å²) >= 11 is 2.65. The number of nitrogens with one attached hydrogen (secondary N) is 2. The fraction of sp³-hybridized carbons (Fsp3) is 0.381. The molecule has 33 heavy (non-hydrogen) atoms. The lowest BCUT2D eigenvalue weighted by Gasteiger charge is -2.16. The molecule has 3 N–H and O–H groups in total. The van der Waals surface area contributed by atoms with Gasteiger partial charge < -0.3 is 25.0 Å². The van der Waals surface area contributed by atoms with Crippen LogP contribution in [0.25, 0.3) is 0 Å². The van der Waals surface area contributed by atoms with Crippen LogP contribution in [-0.4, -0.2) is 55.6 Å². The van der Waals surface area contributed by atoms with E-state index >= 15 is 0 Å². The molecule has 0 radical (unpaired) electrons. The highest BCUT2D eigenvalue weighted by Gasteiger charge is 2.24. The molecule has 176 valence electrons. The van der Waals surface area contributed by atoms with E-state index in [1.165, 1.54) is 23.1 Å². The number of thioether (sulfide) groups is 1. The molecule has 2 atom stereocenters. The van der Waals surface area contributed by atoms with Crippen molar-refractivity contribution in [2.45, 2.75) is 37.2 Å². The highest BCUT2D eigenvalue weighted by Crippen LogP contribution is 2.26. The zero-order chi connectivity index (χ0) is 24.1. The first-order valence-electron chi connectivity index (χ1n) is 10.1. The molecule has 0 fully saturated rings. The number of nitrogens with zero attached hydrogens (tertiary/aromatic N) is 4. The number of rotatable bonds is 9. The summed E-state index contributed by atoms with van der Waals surface area (Å²) in [5.41, 5.74) is 1.31. The van der Waals surface area contributed by atoms with Gasteiger partial charge in [-0.1, -0.05) is 11.8 Å². The van der Waals surface area contributed by atoms with Crippen LogP contribution in [0.15, 0.2) is 29.4 Å². The average molecular weight is 491 g/mol. The highest BCUT2D eigenvalue weighted by atomic mass is 32.2. The van der Waals surface area contributed by atoms with Crippen LogP contribution >= 0.6 is 23.1 Å². The van der Waals surface area contributed by atoms with Crippen LogP contribution in [0.2, 0.25) is 0 Å². The first-order valence-corrected chi connectivity index (χ1v) is 11.8. The first-order chi connectivity index (χ1) is 15.7. The number of aromatic nitrogens is 4. The van der Waals surface area contributed by atoms with Crippen LogP contribution in [0.3, 0.4) is 0 Å². The van der Waals surface area contributed by atoms with Crippen LogP contribution < -0.4 is 15.4 Å². The van der Waals surface area contributed by atoms with Gasteiger partial charge in [-0.15, -0.1) is 21.5 Å². The molecule has 0 spiro atoms. The highest BCUT2D eigenvalue weighted by molar-refractivity contribution is 8.00. The SMILES string of the molecule is COc1ccc(C(=O)N[C@H](CO)c2nnc(S[C@H](C)C(=O)Nc3nc(C)c(C)s3)n2C)cc1. The molecule has 0 saturated carbocycles. The Hall–Kier alpha value is -2.96. The third-order valence-electron chi connectivity index (χ3n) is 4.93. The van der Waals surface area contributed by atoms with Crippen LogP contribution in [-0.2, 0) is 11.8 Å². The molecule has 0 bridgehead atoms. The molecule has 3 aromatic rings. The number of aliphatic hydroxyl groups excluding tert-OH is 1. The number of anilines is 1. The smallest absolute Gasteiger partial charge is 0.251 e. The number of aliphatic hydroxyl groups is 1. The number of carbonyl (C=O) groups is 2. The van der Waals surface area contributed by atoms with Gasteiger partial charge >= 0.3 is 0 Å². The Labute approximate surface area is 199 Å². The molecule has 3 rings (SSSR count). The molecule has 1 aromatic carbocycles. The van der Waals surface area contributed by atoms with Crippen molar-refractivity contribution in [2.75, 3.05) is 19.0 Å². The average Bonchev–Trinajstić information content (AvgIpc) is 3.32. The van der Waals surface area contributed by atoms with Gasteiger partial charge in [-0.3, -0.25) is 9.59 Å². The maximum atomic E-state index is 12.6. The van der Waals surface area contributed by atoms with E-state index in [4.69, 9.17) is 4.74 Å². The Bertz CT molecular complexity index is 1110. The molecule has 10 nitrogen and oxygen atoms in total. The van der Waals surface area contributed by atoms with E-state index in [9.17, 15) is 14.7 Å². The van der Waals surface area contributed by atoms with Crippen molar-refractivity contribution in [1.29, 1.82) is 0 Å². The zero-order valence-corrected chi connectivity index (χ0v) is 20.6. The second-order valence-corrected chi connectivity index (χ2v) is 9.76. The minimum absolute atomic E-state index is 0.204. The Kier molecular flexibility index (Phi) is 8.06. The van der Waals surface area contributed by atoms with Crippen LogP contribution in [0.4, 0.5) is 5.13 Å². The summed E-state index contributed by atoms with van der Waals surface area (Å²) in [5.74, 6) is 0.444. The van der Waals surface area contributed by atoms with Gasteiger partial charge in [0.25, 0.3) is 5.91 Å². The summed E-state index contributed by atoms with van der Waals surface area (Å²) in [6, 6.07) is 5.86. The number of benzene rings is 1. The molecule has 0 aliphatic heterocycles. The minimum Gasteiger partial charge on any atom is -0.497 e. The summed E-state index contributed by atoms with van der Waals surface area (Å²) in [7, 11) is 3.27. The molecule has 2 aromatic heterocycles. The third-order valence-corrected chi connectivity index (χ3v) is 7.05. The van der Waals surface area contributed by atoms with E-state index in [-0.39, 0.29) is 18.4 Å². The van der Waals surface area contributed by atoms with E-state index in [0.29, 0.717) is 27.4 Å². The van der Waals surface area contributed by atoms with E-state index in [0.717, 1.165) is 10.6 Å². The van der Waals surface area contributed by atoms with Gasteiger partial charge in [-0.25, -0.2) is 4.98 Å². The quantitative estimate of drug-likeness (QED) is 0.390. The van der Waals surface area contributed by atoms with Crippen LogP contribution in [0.5, 0.6) is 5.75 Å². The number of aryl methyl sites for hydroxylation is 2. The Morgan fingerprint density at radius 1 is 1.24 bits per heavy atom. The number of hydrogen-bond acceptors (Lipinski definition) is 9. The summed E-state index contributed by atoms with van der Waals surface area (Å²) < 4.78 is 6.75. The van der Waals surface area contributed by atoms with Gasteiger partial charge in [0, 0.05) is 17.5 Å². The maximum absolute atomic E-state index is 12.6. The lowest BCUT2D eigenvalue weighted by atomic mass is 10.2. The Morgan fingerprint density at radius 3 is 2.52 bits per heavy atom. The minimum atomic E-state index is -0.767. The molecule has 0 aliphatic rings. The van der Waals surface area contributed by atoms with E-state index in [1.807, 2.05) is 13.8 Å². The molecular weight excluding hydrogens is 464 g/mol. The first kappa shape index (κ1) is 24.7. The number of methoxy groups -OCH3 is 1. The number of hydrogen-bond donors (Lipinski definition) is 3. The van der Waals surface area contributed by atoms with E-state index < -0.39 is 11.3 Å². The molecular formula is C21H26N6O4S2. The Balaban J connectivity index is 1.66. The maximum Gasteiger partial charge on any atom is 0.251 e. The van der Waals surface area contributed by atoms with Gasteiger partial charge in [-0.05, 0) is 45.0 Å². The zero-order valence-electron chi connectivity index (χ0n) is 18.9. The Morgan fingerprint density at radius 2 is 1.94 bits per heavy atom. The van der Waals surface area contributed by atoms with Crippen LogP contribution in [0.1, 0.15) is 39.7 Å². The molecule has 0 unspecified atom stereocenters. The van der Waals surface area contributed by atoms with Gasteiger partial charge in [0.05, 0.1) is 24.7 Å². The lowest BCUT2D eigenvalue weighted by molar-refractivity contribution is -0.115. The normalized spacial score (nSPS) is 12.8. The van der Waals surface area contributed by atoms with Crippen molar-refractivity contribution in [1.82, 2.24) is 25.1 Å². The van der Waals surface area contributed by atoms with Crippen LogP contribution in [0, 0.1) is 13.8 Å². The summed E-state index contributed by atoms with van der Waals surface area (Å²) in [6.07, 6.45) is 0. The van der Waals surface area contributed by atoms with Gasteiger partial charge in [0.2, 0.25) is 5.91 Å². The summed E-state index contributed by atoms with van der Waals surface area (Å²) in [6.45, 7) is 5.24. The number of ether oxygens (including phenoxy) is 1. The standard InChI is InChI=1S/C21H26N6O4S2/c1-11-12(2)32-20(22-11)24-18(29)13(3)33-21-26-25-17(27(21)4)16(10-28)23-19(30)14-6-8-15(31-5)9-7-14/h6-9,13,16,28H,10H2,1-5H3,(H,23,30)(H,22,24,29)/t13-,16-/m1/s1. The molecule has 2 heterocycles. The van der Waals surface area contributed by atoms with Crippen molar-refractivity contribution < 1.29 is 19.4 Å². The predicted octanol–water partition coefficient (Wildman–Crippen LogP) is 2.48. The van der Waals surface area contributed by atoms with Crippen molar-refractivity contribution >= 4 is 40.0 Å². The molecule has 2 amide bonds. The topological polar surface area (TPSA) is 131 Å². The summed E-state index contributed by atoms with van der Waals surface area (Å²) in [4.78, 5) is 30.5. The summed E-state index contributed by atoms with van der Waals surface area (Å²) in [5, 5.41) is 24.3. The predicted molar refractivity (Wildman–Crippen MR) is 127 cm³/mol. The van der Waals surface area contributed by atoms with Gasteiger partial charge in [0.15, 0.2) is 16.1 Å². The number of carbonyl (C=O) groups excluding carboxylic acids is 2. The van der Waals surface area contributed by atoms with Crippen molar-refractivity contribution in [2.24, 2.45) is 7.05 Å². The fourth-order valence-electron chi connectivity index (χ4n) is 2.85. The lowest BCUT2D eigenvalue weighted by Crippen LogP contribution is -2.32. The molecule has 0 aliphatic carbocycles. The van der Waals surface area contributed by atoms with E-state index in [2.05, 4.69) is 25.8 Å². The van der Waals surface area contributed by atoms with Gasteiger partial charge in [0.1, 0.15) is 11.8 Å². The third kappa shape index (κ3) is 5.89. The number of amides is 2. The molecule has 12 heteroatoms. The fourth-order valence-corrected chi connectivity index (χ4v) is 4.49. The molecule has 0 saturated heterocycles. The second kappa shape index (κ2) is 10.8. The van der Waals surface area contributed by atoms with Gasteiger partial charge in [-0.2, -0.15) is 0 Å². The largest absolute Gasteiger partial charge is 0.497 e. The number of thiazole rings is 1. The van der Waals surface area contributed by atoms with Crippen molar-refractivity contribution in [3.05, 3.63) is 46.2 Å². The second-order valence-electron chi connectivity index (χ2n) is 7.25. The van der Waals surface area contributed by atoms with Crippen molar-refractivity contribution in [3.8, 4) is 5.75 Å². The van der Waals surface area contributed by atoms with Crippen molar-refractivity contribution in [3.63, 3.8) is 0 Å². The van der Waals surface area contributed by atoms with E-state index in [1.54, 1.807) is 49.9 Å².